The lowest BCUT2D eigenvalue weighted by molar-refractivity contribution is -0.115. The number of anilines is 1. The van der Waals surface area contributed by atoms with E-state index in [1.165, 1.54) is 0 Å². The molecule has 0 aliphatic heterocycles. The van der Waals surface area contributed by atoms with Gasteiger partial charge in [0.2, 0.25) is 5.91 Å². The first kappa shape index (κ1) is 14.0. The summed E-state index contributed by atoms with van der Waals surface area (Å²) in [5.74, 6) is -0.0613. The second-order valence-electron chi connectivity index (χ2n) is 4.65. The minimum atomic E-state index is -0.0613. The Kier molecular flexibility index (Phi) is 4.97. The monoisotopic (exact) mass is 254 g/mol. The fourth-order valence-electron chi connectivity index (χ4n) is 1.22. The van der Waals surface area contributed by atoms with Gasteiger partial charge in [-0.25, -0.2) is 0 Å². The number of nitrogens with one attached hydrogen (secondary N) is 2. The van der Waals surface area contributed by atoms with E-state index in [9.17, 15) is 4.79 Å². The number of carbonyl (C=O) groups is 1. The average Bonchev–Trinajstić information content (AvgIpc) is 2.27. The highest BCUT2D eigenvalue weighted by Gasteiger charge is 2.15. The molecule has 3 nitrogen and oxygen atoms in total. The molecule has 0 aromatic heterocycles. The van der Waals surface area contributed by atoms with Crippen LogP contribution in [-0.2, 0) is 4.79 Å². The molecule has 0 aliphatic rings. The Hall–Kier alpha value is -1.06. The minimum absolute atomic E-state index is 0.0221. The van der Waals surface area contributed by atoms with Crippen molar-refractivity contribution in [2.24, 2.45) is 0 Å². The van der Waals surface area contributed by atoms with Crippen molar-refractivity contribution in [1.82, 2.24) is 5.32 Å². The smallest absolute Gasteiger partial charge is 0.238 e. The summed E-state index contributed by atoms with van der Waals surface area (Å²) in [5, 5.41) is 6.61. The largest absolute Gasteiger partial charge is 0.325 e. The van der Waals surface area contributed by atoms with Crippen LogP contribution in [0.1, 0.15) is 27.2 Å². The third kappa shape index (κ3) is 5.20. The van der Waals surface area contributed by atoms with E-state index < -0.39 is 0 Å². The number of amides is 1. The standard InChI is InChI=1S/C13H19ClN2O/c1-4-13(2,3)15-9-12(17)16-11-7-5-6-10(14)8-11/h5-8,15H,4,9H2,1-3H3,(H,16,17). The van der Waals surface area contributed by atoms with E-state index in [2.05, 4.69) is 31.4 Å². The second kappa shape index (κ2) is 6.03. The highest BCUT2D eigenvalue weighted by molar-refractivity contribution is 6.30. The molecule has 94 valence electrons. The van der Waals surface area contributed by atoms with E-state index in [1.807, 2.05) is 6.07 Å². The van der Waals surface area contributed by atoms with Gasteiger partial charge in [0.25, 0.3) is 0 Å². The Labute approximate surface area is 108 Å². The lowest BCUT2D eigenvalue weighted by Crippen LogP contribution is -2.43. The maximum atomic E-state index is 11.7. The van der Waals surface area contributed by atoms with Crippen molar-refractivity contribution >= 4 is 23.2 Å². The molecular weight excluding hydrogens is 236 g/mol. The van der Waals surface area contributed by atoms with Crippen LogP contribution in [0.3, 0.4) is 0 Å². The third-order valence-corrected chi connectivity index (χ3v) is 2.95. The molecule has 0 unspecified atom stereocenters. The molecule has 2 N–H and O–H groups in total. The Bertz CT molecular complexity index is 391. The molecule has 0 spiro atoms. The maximum Gasteiger partial charge on any atom is 0.238 e. The normalized spacial score (nSPS) is 11.3. The van der Waals surface area contributed by atoms with Crippen LogP contribution >= 0.6 is 11.6 Å². The Morgan fingerprint density at radius 3 is 2.71 bits per heavy atom. The predicted octanol–water partition coefficient (Wildman–Crippen LogP) is 3.06. The number of hydrogen-bond acceptors (Lipinski definition) is 2. The van der Waals surface area contributed by atoms with Gasteiger partial charge in [0, 0.05) is 16.2 Å². The van der Waals surface area contributed by atoms with Crippen molar-refractivity contribution in [3.63, 3.8) is 0 Å². The van der Waals surface area contributed by atoms with Crippen molar-refractivity contribution in [2.45, 2.75) is 32.7 Å². The van der Waals surface area contributed by atoms with E-state index in [1.54, 1.807) is 18.2 Å². The lowest BCUT2D eigenvalue weighted by Gasteiger charge is -2.24. The van der Waals surface area contributed by atoms with Gasteiger partial charge in [-0.15, -0.1) is 0 Å². The Morgan fingerprint density at radius 2 is 2.12 bits per heavy atom. The van der Waals surface area contributed by atoms with Gasteiger partial charge in [-0.2, -0.15) is 0 Å². The summed E-state index contributed by atoms with van der Waals surface area (Å²) in [6.07, 6.45) is 0.970. The summed E-state index contributed by atoms with van der Waals surface area (Å²) in [4.78, 5) is 11.7. The van der Waals surface area contributed by atoms with Gasteiger partial charge < -0.3 is 10.6 Å². The summed E-state index contributed by atoms with van der Waals surface area (Å²) in [6.45, 7) is 6.52. The fourth-order valence-corrected chi connectivity index (χ4v) is 1.41. The first-order chi connectivity index (χ1) is 7.93. The van der Waals surface area contributed by atoms with Crippen molar-refractivity contribution in [3.8, 4) is 0 Å². The summed E-state index contributed by atoms with van der Waals surface area (Å²) in [6, 6.07) is 7.12. The molecule has 0 heterocycles. The molecule has 1 amide bonds. The van der Waals surface area contributed by atoms with Crippen LogP contribution < -0.4 is 10.6 Å². The van der Waals surface area contributed by atoms with Gasteiger partial charge >= 0.3 is 0 Å². The number of carbonyl (C=O) groups excluding carboxylic acids is 1. The minimum Gasteiger partial charge on any atom is -0.325 e. The summed E-state index contributed by atoms with van der Waals surface area (Å²) < 4.78 is 0. The first-order valence-electron chi connectivity index (χ1n) is 5.73. The van der Waals surface area contributed by atoms with Crippen molar-refractivity contribution in [2.75, 3.05) is 11.9 Å². The molecule has 0 atom stereocenters. The van der Waals surface area contributed by atoms with E-state index in [-0.39, 0.29) is 11.4 Å². The lowest BCUT2D eigenvalue weighted by atomic mass is 10.0. The van der Waals surface area contributed by atoms with Crippen molar-refractivity contribution in [1.29, 1.82) is 0 Å². The van der Waals surface area contributed by atoms with Crippen LogP contribution in [0, 0.1) is 0 Å². The van der Waals surface area contributed by atoms with E-state index in [0.29, 0.717) is 11.6 Å². The molecule has 0 fully saturated rings. The third-order valence-electron chi connectivity index (χ3n) is 2.72. The Balaban J connectivity index is 2.45. The molecule has 1 rings (SSSR count). The van der Waals surface area contributed by atoms with Gasteiger partial charge in [-0.1, -0.05) is 24.6 Å². The zero-order valence-corrected chi connectivity index (χ0v) is 11.3. The van der Waals surface area contributed by atoms with Gasteiger partial charge in [0.15, 0.2) is 0 Å². The molecule has 4 heteroatoms. The van der Waals surface area contributed by atoms with E-state index >= 15 is 0 Å². The van der Waals surface area contributed by atoms with Gasteiger partial charge in [0.05, 0.1) is 6.54 Å². The van der Waals surface area contributed by atoms with Crippen molar-refractivity contribution in [3.05, 3.63) is 29.3 Å². The number of hydrogen-bond donors (Lipinski definition) is 2. The highest BCUT2D eigenvalue weighted by Crippen LogP contribution is 2.14. The molecule has 17 heavy (non-hydrogen) atoms. The topological polar surface area (TPSA) is 41.1 Å². The average molecular weight is 255 g/mol. The van der Waals surface area contributed by atoms with Crippen LogP contribution in [0.2, 0.25) is 5.02 Å². The molecule has 0 bridgehead atoms. The van der Waals surface area contributed by atoms with Gasteiger partial charge in [-0.05, 0) is 38.5 Å². The number of benzene rings is 1. The van der Waals surface area contributed by atoms with Crippen LogP contribution in [0.25, 0.3) is 0 Å². The van der Waals surface area contributed by atoms with Gasteiger partial charge in [0.1, 0.15) is 0 Å². The zero-order chi connectivity index (χ0) is 12.9. The molecule has 0 aliphatic carbocycles. The number of rotatable bonds is 5. The van der Waals surface area contributed by atoms with Crippen LogP contribution in [0.4, 0.5) is 5.69 Å². The van der Waals surface area contributed by atoms with Crippen molar-refractivity contribution < 1.29 is 4.79 Å². The van der Waals surface area contributed by atoms with E-state index in [0.717, 1.165) is 12.1 Å². The summed E-state index contributed by atoms with van der Waals surface area (Å²) >= 11 is 5.83. The van der Waals surface area contributed by atoms with Gasteiger partial charge in [-0.3, -0.25) is 4.79 Å². The highest BCUT2D eigenvalue weighted by atomic mass is 35.5. The fraction of sp³-hybridized carbons (Fsp3) is 0.462. The molecule has 1 aromatic rings. The molecule has 0 radical (unpaired) electrons. The molecule has 0 saturated heterocycles. The molecular formula is C13H19ClN2O. The second-order valence-corrected chi connectivity index (χ2v) is 5.09. The Morgan fingerprint density at radius 1 is 1.41 bits per heavy atom. The quantitative estimate of drug-likeness (QED) is 0.848. The zero-order valence-electron chi connectivity index (χ0n) is 10.5. The van der Waals surface area contributed by atoms with E-state index in [4.69, 9.17) is 11.6 Å². The van der Waals surface area contributed by atoms with Crippen LogP contribution in [-0.4, -0.2) is 18.0 Å². The van der Waals surface area contributed by atoms with Crippen LogP contribution in [0.5, 0.6) is 0 Å². The molecule has 0 saturated carbocycles. The SMILES string of the molecule is CCC(C)(C)NCC(=O)Nc1cccc(Cl)c1. The number of halogens is 1. The maximum absolute atomic E-state index is 11.7. The summed E-state index contributed by atoms with van der Waals surface area (Å²) in [5.41, 5.74) is 0.699. The molecule has 1 aromatic carbocycles. The first-order valence-corrected chi connectivity index (χ1v) is 6.11. The summed E-state index contributed by atoms with van der Waals surface area (Å²) in [7, 11) is 0. The van der Waals surface area contributed by atoms with Crippen LogP contribution in [0.15, 0.2) is 24.3 Å². The predicted molar refractivity (Wildman–Crippen MR) is 72.5 cm³/mol.